The first-order chi connectivity index (χ1) is 15.4. The third-order valence-electron chi connectivity index (χ3n) is 6.82. The van der Waals surface area contributed by atoms with E-state index in [4.69, 9.17) is 0 Å². The second kappa shape index (κ2) is 9.34. The van der Waals surface area contributed by atoms with Crippen LogP contribution in [0.5, 0.6) is 0 Å². The van der Waals surface area contributed by atoms with E-state index in [1.165, 1.54) is 11.3 Å². The Balaban J connectivity index is 1.43. The molecule has 2 aliphatic heterocycles. The highest BCUT2D eigenvalue weighted by Crippen LogP contribution is 2.32. The van der Waals surface area contributed by atoms with Crippen LogP contribution < -0.4 is 9.80 Å². The number of likely N-dealkylation sites (N-methyl/N-ethyl adjacent to an activating group) is 1. The van der Waals surface area contributed by atoms with Crippen molar-refractivity contribution in [3.05, 3.63) is 59.7 Å². The molecule has 1 unspecified atom stereocenters. The van der Waals surface area contributed by atoms with Crippen molar-refractivity contribution in [2.75, 3.05) is 49.6 Å². The van der Waals surface area contributed by atoms with Crippen LogP contribution in [-0.2, 0) is 17.6 Å². The van der Waals surface area contributed by atoms with Crippen molar-refractivity contribution >= 4 is 17.3 Å². The van der Waals surface area contributed by atoms with Crippen LogP contribution in [0.2, 0.25) is 0 Å². The molecule has 2 saturated heterocycles. The van der Waals surface area contributed by atoms with Gasteiger partial charge in [0.25, 0.3) is 0 Å². The van der Waals surface area contributed by atoms with Gasteiger partial charge in [-0.25, -0.2) is 0 Å². The molecule has 5 nitrogen and oxygen atoms in total. The molecule has 32 heavy (non-hydrogen) atoms. The molecule has 1 atom stereocenters. The number of hydrogen-bond acceptors (Lipinski definition) is 4. The molecule has 0 aromatic heterocycles. The molecule has 2 fully saturated rings. The summed E-state index contributed by atoms with van der Waals surface area (Å²) < 4.78 is 0. The first kappa shape index (κ1) is 22.4. The number of amides is 1. The van der Waals surface area contributed by atoms with Gasteiger partial charge in [-0.1, -0.05) is 30.3 Å². The van der Waals surface area contributed by atoms with Crippen LogP contribution in [0.3, 0.4) is 0 Å². The van der Waals surface area contributed by atoms with E-state index in [1.54, 1.807) is 0 Å². The third-order valence-corrected chi connectivity index (χ3v) is 6.82. The van der Waals surface area contributed by atoms with Gasteiger partial charge in [0, 0.05) is 50.0 Å². The third kappa shape index (κ3) is 4.97. The monoisotopic (exact) mass is 430 g/mol. The van der Waals surface area contributed by atoms with Crippen LogP contribution in [0.1, 0.15) is 31.4 Å². The van der Waals surface area contributed by atoms with Gasteiger partial charge in [0.2, 0.25) is 5.91 Å². The van der Waals surface area contributed by atoms with E-state index in [2.05, 4.69) is 59.3 Å². The van der Waals surface area contributed by atoms with Crippen molar-refractivity contribution < 1.29 is 4.79 Å². The molecular weight excluding hydrogens is 396 g/mol. The molecular formula is C27H34N4O. The Bertz CT molecular complexity index is 983. The fourth-order valence-corrected chi connectivity index (χ4v) is 4.83. The molecule has 2 heterocycles. The second-order valence-corrected chi connectivity index (χ2v) is 9.94. The number of carbonyl (C=O) groups is 1. The van der Waals surface area contributed by atoms with Crippen LogP contribution in [0, 0.1) is 22.7 Å². The topological polar surface area (TPSA) is 50.6 Å². The van der Waals surface area contributed by atoms with Crippen LogP contribution >= 0.6 is 0 Å². The zero-order valence-corrected chi connectivity index (χ0v) is 19.6. The first-order valence-corrected chi connectivity index (χ1v) is 11.7. The van der Waals surface area contributed by atoms with Crippen molar-refractivity contribution in [3.63, 3.8) is 0 Å². The van der Waals surface area contributed by atoms with Crippen LogP contribution in [-0.4, -0.2) is 50.6 Å². The van der Waals surface area contributed by atoms with E-state index < -0.39 is 0 Å². The number of nitrogens with zero attached hydrogens (tertiary/aromatic N) is 4. The highest BCUT2D eigenvalue weighted by atomic mass is 16.2. The van der Waals surface area contributed by atoms with E-state index in [1.807, 2.05) is 30.9 Å². The fraction of sp³-hybridized carbons (Fsp3) is 0.481. The molecule has 0 radical (unpaired) electrons. The summed E-state index contributed by atoms with van der Waals surface area (Å²) in [4.78, 5) is 20.0. The minimum Gasteiger partial charge on any atom is -0.369 e. The van der Waals surface area contributed by atoms with E-state index in [-0.39, 0.29) is 17.2 Å². The molecule has 4 rings (SSSR count). The number of nitriles is 1. The van der Waals surface area contributed by atoms with Crippen molar-refractivity contribution in [3.8, 4) is 6.07 Å². The summed E-state index contributed by atoms with van der Waals surface area (Å²) in [5.74, 6) is 0.254. The Kier molecular flexibility index (Phi) is 6.53. The van der Waals surface area contributed by atoms with Crippen molar-refractivity contribution in [2.45, 2.75) is 33.1 Å². The zero-order chi connectivity index (χ0) is 22.7. The summed E-state index contributed by atoms with van der Waals surface area (Å²) in [6, 6.07) is 19.1. The number of rotatable bonds is 6. The molecule has 2 aromatic carbocycles. The lowest BCUT2D eigenvalue weighted by molar-refractivity contribution is -0.120. The van der Waals surface area contributed by atoms with Crippen molar-refractivity contribution in [1.29, 1.82) is 5.26 Å². The molecule has 0 N–H and O–H groups in total. The quantitative estimate of drug-likeness (QED) is 0.692. The number of carbonyl (C=O) groups excluding carboxylic acids is 1. The van der Waals surface area contributed by atoms with Crippen LogP contribution in [0.4, 0.5) is 11.4 Å². The van der Waals surface area contributed by atoms with Gasteiger partial charge < -0.3 is 14.7 Å². The Hall–Kier alpha value is -2.84. The minimum atomic E-state index is -0.382. The molecule has 0 bridgehead atoms. The SMILES string of the molecule is CN1CCN(c2ccccc2CC2CCN(c3ccc(CC(C)(C)C#N)cc3)C2=O)CC1. The van der Waals surface area contributed by atoms with E-state index in [0.717, 1.165) is 56.8 Å². The summed E-state index contributed by atoms with van der Waals surface area (Å²) in [5.41, 5.74) is 4.28. The summed E-state index contributed by atoms with van der Waals surface area (Å²) in [6.45, 7) is 8.90. The average Bonchev–Trinajstić information content (AvgIpc) is 3.15. The van der Waals surface area contributed by atoms with Gasteiger partial charge in [-0.3, -0.25) is 4.79 Å². The number of piperazine rings is 1. The summed E-state index contributed by atoms with van der Waals surface area (Å²) in [5, 5.41) is 9.27. The van der Waals surface area contributed by atoms with Gasteiger partial charge in [-0.2, -0.15) is 5.26 Å². The molecule has 0 aliphatic carbocycles. The molecule has 0 spiro atoms. The highest BCUT2D eigenvalue weighted by Gasteiger charge is 2.33. The van der Waals surface area contributed by atoms with Crippen molar-refractivity contribution in [2.24, 2.45) is 11.3 Å². The first-order valence-electron chi connectivity index (χ1n) is 11.7. The summed E-state index contributed by atoms with van der Waals surface area (Å²) in [6.07, 6.45) is 2.40. The highest BCUT2D eigenvalue weighted by molar-refractivity contribution is 5.97. The minimum absolute atomic E-state index is 0.0285. The maximum atomic E-state index is 13.3. The van der Waals surface area contributed by atoms with E-state index in [0.29, 0.717) is 6.42 Å². The summed E-state index contributed by atoms with van der Waals surface area (Å²) >= 11 is 0. The second-order valence-electron chi connectivity index (χ2n) is 9.94. The number of anilines is 2. The van der Waals surface area contributed by atoms with Crippen LogP contribution in [0.25, 0.3) is 0 Å². The molecule has 168 valence electrons. The Morgan fingerprint density at radius 3 is 2.38 bits per heavy atom. The van der Waals surface area contributed by atoms with Gasteiger partial charge in [-0.15, -0.1) is 0 Å². The number of hydrogen-bond donors (Lipinski definition) is 0. The Labute approximate surface area is 192 Å². The van der Waals surface area contributed by atoms with Gasteiger partial charge in [0.15, 0.2) is 0 Å². The predicted octanol–water partition coefficient (Wildman–Crippen LogP) is 4.13. The van der Waals surface area contributed by atoms with E-state index >= 15 is 0 Å². The average molecular weight is 431 g/mol. The molecule has 5 heteroatoms. The fourth-order valence-electron chi connectivity index (χ4n) is 4.83. The standard InChI is InChI=1S/C27H34N4O/c1-27(2,20-28)19-21-8-10-24(11-9-21)31-13-12-23(26(31)32)18-22-6-4-5-7-25(22)30-16-14-29(3)15-17-30/h4-11,23H,12-19H2,1-3H3. The Morgan fingerprint density at radius 2 is 1.69 bits per heavy atom. The van der Waals surface area contributed by atoms with Gasteiger partial charge in [0.1, 0.15) is 0 Å². The number of para-hydroxylation sites is 1. The van der Waals surface area contributed by atoms with Gasteiger partial charge in [-0.05, 0) is 69.5 Å². The Morgan fingerprint density at radius 1 is 1.00 bits per heavy atom. The predicted molar refractivity (Wildman–Crippen MR) is 130 cm³/mol. The zero-order valence-electron chi connectivity index (χ0n) is 19.6. The maximum absolute atomic E-state index is 13.3. The largest absolute Gasteiger partial charge is 0.369 e. The maximum Gasteiger partial charge on any atom is 0.230 e. The van der Waals surface area contributed by atoms with Crippen LogP contribution in [0.15, 0.2) is 48.5 Å². The van der Waals surface area contributed by atoms with E-state index in [9.17, 15) is 10.1 Å². The normalized spacial score (nSPS) is 19.9. The van der Waals surface area contributed by atoms with Crippen molar-refractivity contribution in [1.82, 2.24) is 4.90 Å². The summed E-state index contributed by atoms with van der Waals surface area (Å²) in [7, 11) is 2.17. The lowest BCUT2D eigenvalue weighted by atomic mass is 9.87. The molecule has 2 aromatic rings. The van der Waals surface area contributed by atoms with Gasteiger partial charge in [0.05, 0.1) is 11.5 Å². The smallest absolute Gasteiger partial charge is 0.230 e. The van der Waals surface area contributed by atoms with Gasteiger partial charge >= 0.3 is 0 Å². The molecule has 0 saturated carbocycles. The molecule has 1 amide bonds. The number of benzene rings is 2. The lowest BCUT2D eigenvalue weighted by Crippen LogP contribution is -2.44. The lowest BCUT2D eigenvalue weighted by Gasteiger charge is -2.35. The molecule has 2 aliphatic rings.